The molecule has 3 nitrogen and oxygen atoms in total. The first-order valence-corrected chi connectivity index (χ1v) is 6.89. The molecule has 0 bridgehead atoms. The van der Waals surface area contributed by atoms with Gasteiger partial charge in [-0.05, 0) is 44.6 Å². The van der Waals surface area contributed by atoms with Crippen LogP contribution in [0.2, 0.25) is 0 Å². The molecule has 0 aromatic rings. The lowest BCUT2D eigenvalue weighted by Gasteiger charge is -2.35. The molecule has 0 aromatic carbocycles. The number of rotatable bonds is 3. The number of likely N-dealkylation sites (tertiary alicyclic amines) is 1. The van der Waals surface area contributed by atoms with Crippen molar-refractivity contribution < 1.29 is 9.18 Å². The van der Waals surface area contributed by atoms with E-state index in [1.165, 1.54) is 6.42 Å². The fourth-order valence-corrected chi connectivity index (χ4v) is 2.88. The lowest BCUT2D eigenvalue weighted by molar-refractivity contribution is -0.135. The van der Waals surface area contributed by atoms with E-state index >= 15 is 0 Å². The van der Waals surface area contributed by atoms with Crippen LogP contribution in [0.3, 0.4) is 0 Å². The Labute approximate surface area is 103 Å². The zero-order valence-corrected chi connectivity index (χ0v) is 10.5. The van der Waals surface area contributed by atoms with Crippen molar-refractivity contribution in [2.24, 2.45) is 5.92 Å². The third-order valence-electron chi connectivity index (χ3n) is 4.05. The summed E-state index contributed by atoms with van der Waals surface area (Å²) < 4.78 is 12.2. The van der Waals surface area contributed by atoms with Crippen molar-refractivity contribution in [2.45, 2.75) is 44.6 Å². The molecule has 0 aliphatic carbocycles. The molecule has 98 valence electrons. The van der Waals surface area contributed by atoms with Gasteiger partial charge in [-0.15, -0.1) is 0 Å². The van der Waals surface area contributed by atoms with Gasteiger partial charge in [0.05, 0.1) is 12.7 Å². The summed E-state index contributed by atoms with van der Waals surface area (Å²) in [6, 6.07) is 0.0430. The van der Waals surface area contributed by atoms with Crippen LogP contribution in [0, 0.1) is 5.92 Å². The van der Waals surface area contributed by atoms with Gasteiger partial charge in [0.15, 0.2) is 0 Å². The van der Waals surface area contributed by atoms with Crippen LogP contribution in [0.4, 0.5) is 4.39 Å². The highest BCUT2D eigenvalue weighted by atomic mass is 19.1. The molecule has 1 amide bonds. The summed E-state index contributed by atoms with van der Waals surface area (Å²) >= 11 is 0. The Bertz CT molecular complexity index is 246. The van der Waals surface area contributed by atoms with E-state index < -0.39 is 0 Å². The molecule has 17 heavy (non-hydrogen) atoms. The summed E-state index contributed by atoms with van der Waals surface area (Å²) in [4.78, 5) is 14.2. The van der Waals surface area contributed by atoms with Gasteiger partial charge in [0.1, 0.15) is 0 Å². The molecule has 4 heteroatoms. The third-order valence-corrected chi connectivity index (χ3v) is 4.05. The number of carbonyl (C=O) groups excluding carboxylic acids is 1. The van der Waals surface area contributed by atoms with Crippen LogP contribution in [0.5, 0.6) is 0 Å². The molecule has 2 aliphatic rings. The Morgan fingerprint density at radius 1 is 1.24 bits per heavy atom. The monoisotopic (exact) mass is 242 g/mol. The number of nitrogens with one attached hydrogen (secondary N) is 1. The molecule has 2 heterocycles. The molecule has 1 atom stereocenters. The van der Waals surface area contributed by atoms with Gasteiger partial charge < -0.3 is 10.2 Å². The smallest absolute Gasteiger partial charge is 0.239 e. The highest BCUT2D eigenvalue weighted by molar-refractivity contribution is 5.82. The van der Waals surface area contributed by atoms with E-state index in [0.717, 1.165) is 45.3 Å². The molecular weight excluding hydrogens is 219 g/mol. The zero-order valence-electron chi connectivity index (χ0n) is 10.5. The molecular formula is C13H23FN2O. The predicted molar refractivity (Wildman–Crippen MR) is 65.5 cm³/mol. The standard InChI is InChI=1S/C13H23FN2O/c14-7-4-11-5-9-16(10-6-11)13(17)12-3-1-2-8-15-12/h11-12,15H,1-10H2/t12-/m0/s1. The van der Waals surface area contributed by atoms with E-state index in [1.807, 2.05) is 4.90 Å². The van der Waals surface area contributed by atoms with Gasteiger partial charge in [-0.3, -0.25) is 9.18 Å². The number of nitrogens with zero attached hydrogens (tertiary/aromatic N) is 1. The van der Waals surface area contributed by atoms with Crippen molar-refractivity contribution in [3.8, 4) is 0 Å². The quantitative estimate of drug-likeness (QED) is 0.817. The van der Waals surface area contributed by atoms with Crippen molar-refractivity contribution >= 4 is 5.91 Å². The number of carbonyl (C=O) groups is 1. The molecule has 1 N–H and O–H groups in total. The van der Waals surface area contributed by atoms with Gasteiger partial charge in [-0.2, -0.15) is 0 Å². The fourth-order valence-electron chi connectivity index (χ4n) is 2.88. The average molecular weight is 242 g/mol. The van der Waals surface area contributed by atoms with Crippen LogP contribution in [0.15, 0.2) is 0 Å². The van der Waals surface area contributed by atoms with E-state index in [2.05, 4.69) is 5.32 Å². The largest absolute Gasteiger partial charge is 0.341 e. The van der Waals surface area contributed by atoms with Crippen molar-refractivity contribution in [3.63, 3.8) is 0 Å². The zero-order chi connectivity index (χ0) is 12.1. The fraction of sp³-hybridized carbons (Fsp3) is 0.923. The van der Waals surface area contributed by atoms with Crippen molar-refractivity contribution in [3.05, 3.63) is 0 Å². The predicted octanol–water partition coefficient (Wildman–Crippen LogP) is 1.73. The highest BCUT2D eigenvalue weighted by Gasteiger charge is 2.28. The highest BCUT2D eigenvalue weighted by Crippen LogP contribution is 2.22. The summed E-state index contributed by atoms with van der Waals surface area (Å²) in [6.45, 7) is 2.39. The lowest BCUT2D eigenvalue weighted by Crippen LogP contribution is -2.50. The molecule has 2 saturated heterocycles. The van der Waals surface area contributed by atoms with Gasteiger partial charge in [-0.1, -0.05) is 6.42 Å². The SMILES string of the molecule is O=C([C@@H]1CCCCN1)N1CCC(CCF)CC1. The van der Waals surface area contributed by atoms with Crippen molar-refractivity contribution in [1.82, 2.24) is 10.2 Å². The third kappa shape index (κ3) is 3.41. The van der Waals surface area contributed by atoms with Gasteiger partial charge in [0.2, 0.25) is 5.91 Å². The van der Waals surface area contributed by atoms with Crippen molar-refractivity contribution in [2.75, 3.05) is 26.3 Å². The maximum atomic E-state index is 12.2. The first-order chi connectivity index (χ1) is 8.31. The van der Waals surface area contributed by atoms with E-state index in [9.17, 15) is 9.18 Å². The second-order valence-electron chi connectivity index (χ2n) is 5.25. The Morgan fingerprint density at radius 3 is 2.59 bits per heavy atom. The average Bonchev–Trinajstić information content (AvgIpc) is 2.40. The maximum absolute atomic E-state index is 12.2. The summed E-state index contributed by atoms with van der Waals surface area (Å²) in [6.07, 6.45) is 5.93. The first kappa shape index (κ1) is 12.8. The molecule has 2 aliphatic heterocycles. The number of hydrogen-bond donors (Lipinski definition) is 1. The minimum absolute atomic E-state index is 0.0430. The van der Waals surface area contributed by atoms with Gasteiger partial charge in [0, 0.05) is 13.1 Å². The topological polar surface area (TPSA) is 32.3 Å². The van der Waals surface area contributed by atoms with Crippen LogP contribution in [0.1, 0.15) is 38.5 Å². The van der Waals surface area contributed by atoms with Crippen LogP contribution in [0.25, 0.3) is 0 Å². The number of amides is 1. The number of alkyl halides is 1. The number of halogens is 1. The molecule has 2 rings (SSSR count). The molecule has 0 radical (unpaired) electrons. The Kier molecular flexibility index (Phi) is 4.77. The number of piperidine rings is 2. The Morgan fingerprint density at radius 2 is 2.00 bits per heavy atom. The second kappa shape index (κ2) is 6.34. The van der Waals surface area contributed by atoms with Gasteiger partial charge in [0.25, 0.3) is 0 Å². The summed E-state index contributed by atoms with van der Waals surface area (Å²) in [5.41, 5.74) is 0. The molecule has 0 unspecified atom stereocenters. The summed E-state index contributed by atoms with van der Waals surface area (Å²) in [5.74, 6) is 0.756. The molecule has 0 aromatic heterocycles. The van der Waals surface area contributed by atoms with E-state index in [1.54, 1.807) is 0 Å². The molecule has 2 fully saturated rings. The normalized spacial score (nSPS) is 27.1. The van der Waals surface area contributed by atoms with E-state index in [-0.39, 0.29) is 18.6 Å². The van der Waals surface area contributed by atoms with Crippen LogP contribution in [-0.2, 0) is 4.79 Å². The van der Waals surface area contributed by atoms with Crippen molar-refractivity contribution in [1.29, 1.82) is 0 Å². The summed E-state index contributed by atoms with van der Waals surface area (Å²) in [7, 11) is 0. The maximum Gasteiger partial charge on any atom is 0.239 e. The lowest BCUT2D eigenvalue weighted by atomic mass is 9.93. The van der Waals surface area contributed by atoms with Crippen LogP contribution < -0.4 is 5.32 Å². The Hall–Kier alpha value is -0.640. The van der Waals surface area contributed by atoms with Gasteiger partial charge >= 0.3 is 0 Å². The van der Waals surface area contributed by atoms with E-state index in [0.29, 0.717) is 12.3 Å². The van der Waals surface area contributed by atoms with Gasteiger partial charge in [-0.25, -0.2) is 0 Å². The Balaban J connectivity index is 1.77. The van der Waals surface area contributed by atoms with Crippen LogP contribution >= 0.6 is 0 Å². The summed E-state index contributed by atoms with van der Waals surface area (Å²) in [5, 5.41) is 3.30. The minimum Gasteiger partial charge on any atom is -0.341 e. The van der Waals surface area contributed by atoms with Crippen LogP contribution in [-0.4, -0.2) is 43.2 Å². The first-order valence-electron chi connectivity index (χ1n) is 6.89. The second-order valence-corrected chi connectivity index (χ2v) is 5.25. The number of hydrogen-bond acceptors (Lipinski definition) is 2. The van der Waals surface area contributed by atoms with E-state index in [4.69, 9.17) is 0 Å². The molecule has 0 spiro atoms. The molecule has 0 saturated carbocycles. The minimum atomic E-state index is -0.219.